The van der Waals surface area contributed by atoms with Gasteiger partial charge in [0.05, 0.1) is 19.3 Å². The minimum Gasteiger partial charge on any atom is -0.387 e. The Morgan fingerprint density at radius 3 is 2.56 bits per heavy atom. The molecule has 6 heteroatoms. The minimum atomic E-state index is -0.682. The van der Waals surface area contributed by atoms with Crippen LogP contribution in [0.2, 0.25) is 0 Å². The van der Waals surface area contributed by atoms with Gasteiger partial charge in [0.2, 0.25) is 5.95 Å². The van der Waals surface area contributed by atoms with Crippen molar-refractivity contribution >= 4 is 5.95 Å². The molecule has 1 aromatic rings. The molecule has 0 amide bonds. The fourth-order valence-electron chi connectivity index (χ4n) is 1.57. The molecule has 0 aromatic carbocycles. The molecule has 3 N–H and O–H groups in total. The molecule has 1 aliphatic rings. The zero-order valence-corrected chi connectivity index (χ0v) is 9.04. The van der Waals surface area contributed by atoms with Gasteiger partial charge in [-0.15, -0.1) is 0 Å². The first kappa shape index (κ1) is 11.3. The zero-order chi connectivity index (χ0) is 11.4. The van der Waals surface area contributed by atoms with Crippen LogP contribution in [-0.2, 0) is 4.74 Å². The second-order valence-electron chi connectivity index (χ2n) is 3.67. The van der Waals surface area contributed by atoms with E-state index in [9.17, 15) is 5.11 Å². The summed E-state index contributed by atoms with van der Waals surface area (Å²) in [4.78, 5) is 10.5. The second-order valence-corrected chi connectivity index (χ2v) is 3.67. The Morgan fingerprint density at radius 2 is 2.00 bits per heavy atom. The van der Waals surface area contributed by atoms with Crippen LogP contribution >= 0.6 is 0 Å². The maximum atomic E-state index is 9.49. The Kier molecular flexibility index (Phi) is 3.66. The number of aromatic nitrogens is 2. The van der Waals surface area contributed by atoms with Gasteiger partial charge in [0.15, 0.2) is 0 Å². The van der Waals surface area contributed by atoms with Crippen LogP contribution in [0, 0.1) is 0 Å². The van der Waals surface area contributed by atoms with Crippen LogP contribution in [0.1, 0.15) is 11.7 Å². The lowest BCUT2D eigenvalue weighted by molar-refractivity contribution is 0.122. The van der Waals surface area contributed by atoms with E-state index >= 15 is 0 Å². The summed E-state index contributed by atoms with van der Waals surface area (Å²) in [5.41, 5.74) is 6.00. The second kappa shape index (κ2) is 5.20. The predicted octanol–water partition coefficient (Wildman–Crippen LogP) is -0.695. The summed E-state index contributed by atoms with van der Waals surface area (Å²) in [7, 11) is 0. The van der Waals surface area contributed by atoms with Crippen LogP contribution in [0.3, 0.4) is 0 Å². The van der Waals surface area contributed by atoms with Crippen LogP contribution < -0.4 is 10.6 Å². The van der Waals surface area contributed by atoms with Gasteiger partial charge in [0.1, 0.15) is 0 Å². The topological polar surface area (TPSA) is 84.5 Å². The lowest BCUT2D eigenvalue weighted by atomic mass is 10.2. The summed E-state index contributed by atoms with van der Waals surface area (Å²) in [6, 6.07) is 0. The molecule has 1 fully saturated rings. The zero-order valence-electron chi connectivity index (χ0n) is 9.04. The van der Waals surface area contributed by atoms with E-state index in [2.05, 4.69) is 14.9 Å². The average molecular weight is 224 g/mol. The van der Waals surface area contributed by atoms with Crippen LogP contribution in [0.5, 0.6) is 0 Å². The van der Waals surface area contributed by atoms with Crippen molar-refractivity contribution in [3.63, 3.8) is 0 Å². The van der Waals surface area contributed by atoms with Crippen LogP contribution in [0.15, 0.2) is 12.4 Å². The maximum Gasteiger partial charge on any atom is 0.225 e. The van der Waals surface area contributed by atoms with E-state index in [1.807, 2.05) is 0 Å². The van der Waals surface area contributed by atoms with Gasteiger partial charge in [0, 0.05) is 37.6 Å². The fourth-order valence-corrected chi connectivity index (χ4v) is 1.57. The van der Waals surface area contributed by atoms with Gasteiger partial charge >= 0.3 is 0 Å². The highest BCUT2D eigenvalue weighted by Crippen LogP contribution is 2.13. The molecule has 1 atom stereocenters. The molecule has 16 heavy (non-hydrogen) atoms. The molecule has 0 radical (unpaired) electrons. The van der Waals surface area contributed by atoms with Gasteiger partial charge in [-0.05, 0) is 0 Å². The molecule has 0 aliphatic carbocycles. The van der Waals surface area contributed by atoms with Crippen molar-refractivity contribution in [1.29, 1.82) is 0 Å². The number of ether oxygens (including phenoxy) is 1. The number of aliphatic hydroxyl groups excluding tert-OH is 1. The Bertz CT molecular complexity index is 324. The van der Waals surface area contributed by atoms with E-state index in [0.29, 0.717) is 24.7 Å². The van der Waals surface area contributed by atoms with Crippen molar-refractivity contribution in [2.45, 2.75) is 6.10 Å². The van der Waals surface area contributed by atoms with Crippen LogP contribution in [-0.4, -0.2) is 47.9 Å². The molecule has 6 nitrogen and oxygen atoms in total. The summed E-state index contributed by atoms with van der Waals surface area (Å²) < 4.78 is 5.25. The molecule has 0 saturated carbocycles. The number of hydrogen-bond donors (Lipinski definition) is 2. The fraction of sp³-hybridized carbons (Fsp3) is 0.600. The summed E-state index contributed by atoms with van der Waals surface area (Å²) in [5.74, 6) is 0.677. The third kappa shape index (κ3) is 2.46. The number of hydrogen-bond acceptors (Lipinski definition) is 6. The van der Waals surface area contributed by atoms with Crippen molar-refractivity contribution in [3.05, 3.63) is 18.0 Å². The third-order valence-electron chi connectivity index (χ3n) is 2.56. The molecular formula is C10H16N4O2. The number of nitrogens with two attached hydrogens (primary N) is 1. The maximum absolute atomic E-state index is 9.49. The van der Waals surface area contributed by atoms with Crippen molar-refractivity contribution < 1.29 is 9.84 Å². The Hall–Kier alpha value is -1.24. The van der Waals surface area contributed by atoms with E-state index < -0.39 is 6.10 Å². The van der Waals surface area contributed by atoms with Crippen LogP contribution in [0.4, 0.5) is 5.95 Å². The van der Waals surface area contributed by atoms with Gasteiger partial charge < -0.3 is 20.5 Å². The summed E-state index contributed by atoms with van der Waals surface area (Å²) >= 11 is 0. The SMILES string of the molecule is NCC(O)c1cnc(N2CCOCC2)nc1. The number of aliphatic hydroxyl groups is 1. The highest BCUT2D eigenvalue weighted by molar-refractivity contribution is 5.30. The van der Waals surface area contributed by atoms with E-state index in [0.717, 1.165) is 13.1 Å². The largest absolute Gasteiger partial charge is 0.387 e. The Labute approximate surface area is 94.1 Å². The molecule has 2 heterocycles. The van der Waals surface area contributed by atoms with E-state index in [4.69, 9.17) is 10.5 Å². The summed E-state index contributed by atoms with van der Waals surface area (Å²) in [6.07, 6.45) is 2.56. The van der Waals surface area contributed by atoms with Gasteiger partial charge in [0.25, 0.3) is 0 Å². The molecule has 2 rings (SSSR count). The molecule has 1 saturated heterocycles. The van der Waals surface area contributed by atoms with Crippen LogP contribution in [0.25, 0.3) is 0 Å². The first-order chi connectivity index (χ1) is 7.81. The lowest BCUT2D eigenvalue weighted by Crippen LogP contribution is -2.37. The van der Waals surface area contributed by atoms with Gasteiger partial charge in [-0.1, -0.05) is 0 Å². The number of morpholine rings is 1. The van der Waals surface area contributed by atoms with Crippen molar-refractivity contribution in [1.82, 2.24) is 9.97 Å². The van der Waals surface area contributed by atoms with Crippen molar-refractivity contribution in [2.75, 3.05) is 37.7 Å². The molecule has 0 bridgehead atoms. The number of rotatable bonds is 3. The highest BCUT2D eigenvalue weighted by Gasteiger charge is 2.14. The van der Waals surface area contributed by atoms with Crippen molar-refractivity contribution in [2.24, 2.45) is 5.73 Å². The number of nitrogens with zero attached hydrogens (tertiary/aromatic N) is 3. The van der Waals surface area contributed by atoms with Gasteiger partial charge in [-0.25, -0.2) is 9.97 Å². The quantitative estimate of drug-likeness (QED) is 0.706. The van der Waals surface area contributed by atoms with E-state index in [1.54, 1.807) is 12.4 Å². The lowest BCUT2D eigenvalue weighted by Gasteiger charge is -2.26. The first-order valence-corrected chi connectivity index (χ1v) is 5.34. The molecule has 88 valence electrons. The predicted molar refractivity (Wildman–Crippen MR) is 59.1 cm³/mol. The third-order valence-corrected chi connectivity index (χ3v) is 2.56. The Morgan fingerprint density at radius 1 is 1.38 bits per heavy atom. The van der Waals surface area contributed by atoms with Gasteiger partial charge in [-0.2, -0.15) is 0 Å². The summed E-state index contributed by atoms with van der Waals surface area (Å²) in [5, 5.41) is 9.49. The monoisotopic (exact) mass is 224 g/mol. The average Bonchev–Trinajstić information content (AvgIpc) is 2.39. The molecule has 1 aliphatic heterocycles. The number of anilines is 1. The summed E-state index contributed by atoms with van der Waals surface area (Å²) in [6.45, 7) is 3.20. The molecule has 1 aromatic heterocycles. The molecule has 1 unspecified atom stereocenters. The Balaban J connectivity index is 2.06. The smallest absolute Gasteiger partial charge is 0.225 e. The molecule has 0 spiro atoms. The normalized spacial score (nSPS) is 18.5. The van der Waals surface area contributed by atoms with Gasteiger partial charge in [-0.3, -0.25) is 0 Å². The van der Waals surface area contributed by atoms with E-state index in [1.165, 1.54) is 0 Å². The molecular weight excluding hydrogens is 208 g/mol. The highest BCUT2D eigenvalue weighted by atomic mass is 16.5. The minimum absolute atomic E-state index is 0.181. The van der Waals surface area contributed by atoms with Crippen molar-refractivity contribution in [3.8, 4) is 0 Å². The first-order valence-electron chi connectivity index (χ1n) is 5.34. The standard InChI is InChI=1S/C10H16N4O2/c11-5-9(15)8-6-12-10(13-7-8)14-1-3-16-4-2-14/h6-7,9,15H,1-5,11H2. The van der Waals surface area contributed by atoms with E-state index in [-0.39, 0.29) is 6.54 Å².